The lowest BCUT2D eigenvalue weighted by atomic mass is 9.95. The van der Waals surface area contributed by atoms with Gasteiger partial charge in [-0.25, -0.2) is 4.79 Å². The van der Waals surface area contributed by atoms with Crippen molar-refractivity contribution in [1.29, 1.82) is 0 Å². The van der Waals surface area contributed by atoms with Crippen molar-refractivity contribution in [2.45, 2.75) is 32.2 Å². The van der Waals surface area contributed by atoms with E-state index in [9.17, 15) is 9.59 Å². The van der Waals surface area contributed by atoms with E-state index in [1.165, 1.54) is 7.11 Å². The molecule has 0 aliphatic rings. The highest BCUT2D eigenvalue weighted by atomic mass is 35.5. The lowest BCUT2D eigenvalue weighted by Gasteiger charge is -2.28. The molecule has 0 saturated carbocycles. The Kier molecular flexibility index (Phi) is 5.82. The van der Waals surface area contributed by atoms with Crippen LogP contribution in [-0.2, 0) is 9.53 Å². The number of rotatable bonds is 5. The Morgan fingerprint density at radius 2 is 1.90 bits per heavy atom. The van der Waals surface area contributed by atoms with Gasteiger partial charge in [0.2, 0.25) is 0 Å². The van der Waals surface area contributed by atoms with Gasteiger partial charge in [0.15, 0.2) is 0 Å². The summed E-state index contributed by atoms with van der Waals surface area (Å²) in [4.78, 5) is 23.3. The van der Waals surface area contributed by atoms with Crippen LogP contribution in [0.1, 0.15) is 26.7 Å². The van der Waals surface area contributed by atoms with Crippen LogP contribution in [0.3, 0.4) is 0 Å². The molecule has 0 radical (unpaired) electrons. The van der Waals surface area contributed by atoms with Gasteiger partial charge in [-0.15, -0.1) is 0 Å². The molecule has 1 aromatic rings. The molecule has 110 valence electrons. The molecule has 5 nitrogen and oxygen atoms in total. The van der Waals surface area contributed by atoms with Gasteiger partial charge in [0.1, 0.15) is 0 Å². The SMILES string of the molecule is CC[C@](C)(CC(=O)OC)NC(=O)Nc1ccc(Cl)cc1. The number of urea groups is 1. The number of hydrogen-bond donors (Lipinski definition) is 2. The third kappa shape index (κ3) is 5.09. The molecule has 0 aromatic heterocycles. The molecule has 0 heterocycles. The number of amides is 2. The quantitative estimate of drug-likeness (QED) is 0.820. The van der Waals surface area contributed by atoms with Crippen LogP contribution in [0.4, 0.5) is 10.5 Å². The number of carbonyl (C=O) groups excluding carboxylic acids is 2. The summed E-state index contributed by atoms with van der Waals surface area (Å²) >= 11 is 5.77. The maximum atomic E-state index is 11.9. The second-order valence-electron chi connectivity index (χ2n) is 4.75. The minimum atomic E-state index is -0.649. The molecule has 2 amide bonds. The molecular formula is C14H19ClN2O3. The number of halogens is 1. The Morgan fingerprint density at radius 3 is 2.40 bits per heavy atom. The van der Waals surface area contributed by atoms with Crippen molar-refractivity contribution in [2.75, 3.05) is 12.4 Å². The fourth-order valence-corrected chi connectivity index (χ4v) is 1.74. The van der Waals surface area contributed by atoms with E-state index >= 15 is 0 Å². The first kappa shape index (κ1) is 16.3. The van der Waals surface area contributed by atoms with Crippen LogP contribution in [-0.4, -0.2) is 24.6 Å². The highest BCUT2D eigenvalue weighted by molar-refractivity contribution is 6.30. The summed E-state index contributed by atoms with van der Waals surface area (Å²) in [6, 6.07) is 6.40. The maximum absolute atomic E-state index is 11.9. The highest BCUT2D eigenvalue weighted by Crippen LogP contribution is 2.17. The zero-order valence-electron chi connectivity index (χ0n) is 11.8. The van der Waals surface area contributed by atoms with Gasteiger partial charge in [0.25, 0.3) is 0 Å². The van der Waals surface area contributed by atoms with Crippen molar-refractivity contribution in [3.63, 3.8) is 0 Å². The third-order valence-corrected chi connectivity index (χ3v) is 3.31. The number of nitrogens with one attached hydrogen (secondary N) is 2. The number of methoxy groups -OCH3 is 1. The number of ether oxygens (including phenoxy) is 1. The molecule has 0 aliphatic heterocycles. The van der Waals surface area contributed by atoms with Gasteiger partial charge >= 0.3 is 12.0 Å². The van der Waals surface area contributed by atoms with E-state index in [1.54, 1.807) is 31.2 Å². The molecule has 0 spiro atoms. The normalized spacial score (nSPS) is 13.2. The van der Waals surface area contributed by atoms with Crippen molar-refractivity contribution >= 4 is 29.3 Å². The first-order chi connectivity index (χ1) is 9.38. The summed E-state index contributed by atoms with van der Waals surface area (Å²) in [5.74, 6) is -0.360. The molecule has 1 rings (SSSR count). The van der Waals surface area contributed by atoms with Gasteiger partial charge in [-0.05, 0) is 37.6 Å². The number of benzene rings is 1. The van der Waals surface area contributed by atoms with Crippen LogP contribution in [0.2, 0.25) is 5.02 Å². The molecule has 0 saturated heterocycles. The molecule has 6 heteroatoms. The minimum absolute atomic E-state index is 0.119. The van der Waals surface area contributed by atoms with Gasteiger partial charge < -0.3 is 15.4 Å². The topological polar surface area (TPSA) is 67.4 Å². The second kappa shape index (κ2) is 7.14. The zero-order chi connectivity index (χ0) is 15.2. The van der Waals surface area contributed by atoms with E-state index in [1.807, 2.05) is 6.92 Å². The standard InChI is InChI=1S/C14H19ClN2O3/c1-4-14(2,9-12(18)20-3)17-13(19)16-11-7-5-10(15)6-8-11/h5-8H,4,9H2,1-3H3,(H2,16,17,19)/t14-/m1/s1. The number of carbonyl (C=O) groups is 2. The summed E-state index contributed by atoms with van der Waals surface area (Å²) in [6.07, 6.45) is 0.726. The molecule has 2 N–H and O–H groups in total. The van der Waals surface area contributed by atoms with Crippen molar-refractivity contribution in [1.82, 2.24) is 5.32 Å². The average Bonchev–Trinajstić information content (AvgIpc) is 2.41. The predicted molar refractivity (Wildman–Crippen MR) is 78.9 cm³/mol. The zero-order valence-corrected chi connectivity index (χ0v) is 12.6. The van der Waals surface area contributed by atoms with E-state index in [2.05, 4.69) is 15.4 Å². The van der Waals surface area contributed by atoms with Crippen LogP contribution < -0.4 is 10.6 Å². The van der Waals surface area contributed by atoms with Crippen LogP contribution in [0.5, 0.6) is 0 Å². The van der Waals surface area contributed by atoms with Crippen molar-refractivity contribution in [3.8, 4) is 0 Å². The molecule has 20 heavy (non-hydrogen) atoms. The summed E-state index contributed by atoms with van der Waals surface area (Å²) in [6.45, 7) is 3.69. The Morgan fingerprint density at radius 1 is 1.30 bits per heavy atom. The fraction of sp³-hybridized carbons (Fsp3) is 0.429. The van der Waals surface area contributed by atoms with E-state index in [4.69, 9.17) is 11.6 Å². The highest BCUT2D eigenvalue weighted by Gasteiger charge is 2.28. The van der Waals surface area contributed by atoms with Gasteiger partial charge in [-0.1, -0.05) is 18.5 Å². The van der Waals surface area contributed by atoms with Crippen molar-refractivity contribution in [2.24, 2.45) is 0 Å². The molecule has 0 bridgehead atoms. The van der Waals surface area contributed by atoms with E-state index in [0.29, 0.717) is 17.1 Å². The lowest BCUT2D eigenvalue weighted by molar-refractivity contribution is -0.142. The predicted octanol–water partition coefficient (Wildman–Crippen LogP) is 3.19. The van der Waals surface area contributed by atoms with Crippen LogP contribution in [0, 0.1) is 0 Å². The van der Waals surface area contributed by atoms with Gasteiger partial charge in [-0.3, -0.25) is 4.79 Å². The van der Waals surface area contributed by atoms with Gasteiger partial charge in [-0.2, -0.15) is 0 Å². The molecule has 0 unspecified atom stereocenters. The number of hydrogen-bond acceptors (Lipinski definition) is 3. The summed E-state index contributed by atoms with van der Waals surface area (Å²) in [5, 5.41) is 6.07. The Labute approximate surface area is 123 Å². The smallest absolute Gasteiger partial charge is 0.319 e. The summed E-state index contributed by atoms with van der Waals surface area (Å²) in [5.41, 5.74) is -0.0210. The second-order valence-corrected chi connectivity index (χ2v) is 5.19. The molecular weight excluding hydrogens is 280 g/mol. The number of anilines is 1. The first-order valence-electron chi connectivity index (χ1n) is 6.30. The average molecular weight is 299 g/mol. The van der Waals surface area contributed by atoms with Crippen LogP contribution in [0.25, 0.3) is 0 Å². The van der Waals surface area contributed by atoms with Crippen molar-refractivity contribution < 1.29 is 14.3 Å². The number of esters is 1. The summed E-state index contributed by atoms with van der Waals surface area (Å²) < 4.78 is 4.64. The Bertz CT molecular complexity index is 476. The first-order valence-corrected chi connectivity index (χ1v) is 6.68. The largest absolute Gasteiger partial charge is 0.469 e. The fourth-order valence-electron chi connectivity index (χ4n) is 1.62. The van der Waals surface area contributed by atoms with E-state index in [0.717, 1.165) is 0 Å². The monoisotopic (exact) mass is 298 g/mol. The van der Waals surface area contributed by atoms with Crippen molar-refractivity contribution in [3.05, 3.63) is 29.3 Å². The van der Waals surface area contributed by atoms with Crippen LogP contribution >= 0.6 is 11.6 Å². The Hall–Kier alpha value is -1.75. The molecule has 1 aromatic carbocycles. The summed E-state index contributed by atoms with van der Waals surface area (Å²) in [7, 11) is 1.33. The molecule has 0 aliphatic carbocycles. The Balaban J connectivity index is 2.63. The van der Waals surface area contributed by atoms with Gasteiger partial charge in [0.05, 0.1) is 13.5 Å². The lowest BCUT2D eigenvalue weighted by Crippen LogP contribution is -2.48. The van der Waals surface area contributed by atoms with E-state index in [-0.39, 0.29) is 18.4 Å². The molecule has 1 atom stereocenters. The van der Waals surface area contributed by atoms with Gasteiger partial charge in [0, 0.05) is 16.2 Å². The third-order valence-electron chi connectivity index (χ3n) is 3.06. The van der Waals surface area contributed by atoms with Crippen LogP contribution in [0.15, 0.2) is 24.3 Å². The maximum Gasteiger partial charge on any atom is 0.319 e. The van der Waals surface area contributed by atoms with E-state index < -0.39 is 5.54 Å². The minimum Gasteiger partial charge on any atom is -0.469 e. The molecule has 0 fully saturated rings.